The molecule has 0 spiro atoms. The molecule has 15 nitrogen and oxygen atoms in total. The van der Waals surface area contributed by atoms with Crippen molar-refractivity contribution in [2.45, 2.75) is 140 Å². The van der Waals surface area contributed by atoms with Crippen molar-refractivity contribution in [1.29, 1.82) is 0 Å². The van der Waals surface area contributed by atoms with E-state index in [4.69, 9.17) is 24.2 Å². The van der Waals surface area contributed by atoms with Gasteiger partial charge in [0.1, 0.15) is 39.9 Å². The number of rotatable bonds is 19. The number of ether oxygens (including phenoxy) is 3. The van der Waals surface area contributed by atoms with Gasteiger partial charge in [-0.1, -0.05) is 32.4 Å². The molecule has 4 amide bonds. The molecule has 2 saturated carbocycles. The fourth-order valence-corrected chi connectivity index (χ4v) is 10.0. The number of benzene rings is 1. The Balaban J connectivity index is 1.35. The molecule has 17 heteroatoms. The minimum atomic E-state index is -3.93. The van der Waals surface area contributed by atoms with Crippen LogP contribution in [0.15, 0.2) is 48.9 Å². The summed E-state index contributed by atoms with van der Waals surface area (Å²) in [5, 5.41) is 8.30. The summed E-state index contributed by atoms with van der Waals surface area (Å²) in [6, 6.07) is 4.29. The summed E-state index contributed by atoms with van der Waals surface area (Å²) in [7, 11) is -2.35. The van der Waals surface area contributed by atoms with Crippen molar-refractivity contribution in [2.24, 2.45) is 5.92 Å². The zero-order valence-corrected chi connectivity index (χ0v) is 38.4. The number of alkyl carbamates (subject to hydrolysis) is 1. The quantitative estimate of drug-likeness (QED) is 0.0842. The lowest BCUT2D eigenvalue weighted by Crippen LogP contribution is -2.57. The Bertz CT molecular complexity index is 2320. The third-order valence-electron chi connectivity index (χ3n) is 11.5. The van der Waals surface area contributed by atoms with Gasteiger partial charge in [0, 0.05) is 40.3 Å². The van der Waals surface area contributed by atoms with Crippen LogP contribution in [-0.2, 0) is 29.1 Å². The Hall–Kier alpha value is -5.03. The monoisotopic (exact) mass is 892 g/mol. The van der Waals surface area contributed by atoms with Crippen molar-refractivity contribution >= 4 is 56.1 Å². The number of amides is 4. The van der Waals surface area contributed by atoms with E-state index in [0.29, 0.717) is 52.4 Å². The summed E-state index contributed by atoms with van der Waals surface area (Å²) < 4.78 is 46.2. The number of aryl methyl sites for hydroxylation is 1. The molecule has 1 unspecified atom stereocenters. The Labute approximate surface area is 368 Å². The maximum Gasteiger partial charge on any atom is 0.408 e. The van der Waals surface area contributed by atoms with E-state index in [2.05, 4.69) is 42.4 Å². The molecule has 3 heterocycles. The van der Waals surface area contributed by atoms with Crippen LogP contribution in [0.2, 0.25) is 0 Å². The topological polar surface area (TPSA) is 195 Å². The number of nitrogens with zero attached hydrogens (tertiary/aromatic N) is 3. The lowest BCUT2D eigenvalue weighted by molar-refractivity contribution is -0.146. The van der Waals surface area contributed by atoms with Crippen LogP contribution in [0.5, 0.6) is 11.5 Å². The highest BCUT2D eigenvalue weighted by molar-refractivity contribution is 7.91. The van der Waals surface area contributed by atoms with Crippen LogP contribution >= 0.6 is 11.3 Å². The normalized spacial score (nSPS) is 21.5. The van der Waals surface area contributed by atoms with Gasteiger partial charge in [0.05, 0.1) is 30.1 Å². The van der Waals surface area contributed by atoms with E-state index in [1.165, 1.54) is 22.3 Å². The van der Waals surface area contributed by atoms with Gasteiger partial charge >= 0.3 is 6.09 Å². The van der Waals surface area contributed by atoms with Crippen LogP contribution in [-0.4, -0.2) is 95.3 Å². The Morgan fingerprint density at radius 2 is 1.82 bits per heavy atom. The number of pyridine rings is 1. The lowest BCUT2D eigenvalue weighted by Gasteiger charge is -2.30. The van der Waals surface area contributed by atoms with Crippen molar-refractivity contribution in [3.63, 3.8) is 0 Å². The number of methoxy groups -OCH3 is 1. The fraction of sp³-hybridized carbons (Fsp3) is 0.556. The molecule has 3 fully saturated rings. The first-order valence-electron chi connectivity index (χ1n) is 21.3. The highest BCUT2D eigenvalue weighted by Gasteiger charge is 2.62. The number of carbonyl (C=O) groups excluding carboxylic acids is 4. The molecule has 0 radical (unpaired) electrons. The molecule has 336 valence electrons. The van der Waals surface area contributed by atoms with Crippen molar-refractivity contribution < 1.29 is 41.8 Å². The Morgan fingerprint density at radius 3 is 2.44 bits per heavy atom. The molecule has 5 atom stereocenters. The van der Waals surface area contributed by atoms with E-state index >= 15 is 0 Å². The number of likely N-dealkylation sites (tertiary alicyclic amines) is 1. The number of unbranched alkanes of at least 4 members (excludes halogenated alkanes) is 3. The minimum absolute atomic E-state index is 0.00230. The van der Waals surface area contributed by atoms with Crippen LogP contribution in [0.3, 0.4) is 0 Å². The molecule has 6 rings (SSSR count). The van der Waals surface area contributed by atoms with Crippen molar-refractivity contribution in [2.75, 3.05) is 13.7 Å². The van der Waals surface area contributed by atoms with Gasteiger partial charge in [-0.2, -0.15) is 0 Å². The predicted octanol–water partition coefficient (Wildman–Crippen LogP) is 6.85. The summed E-state index contributed by atoms with van der Waals surface area (Å²) in [5.41, 5.74) is 0.682. The summed E-state index contributed by atoms with van der Waals surface area (Å²) in [4.78, 5) is 67.4. The zero-order chi connectivity index (χ0) is 45.1. The van der Waals surface area contributed by atoms with Crippen LogP contribution in [0.25, 0.3) is 21.6 Å². The van der Waals surface area contributed by atoms with Gasteiger partial charge in [-0.25, -0.2) is 23.2 Å². The first-order chi connectivity index (χ1) is 29.3. The average Bonchev–Trinajstić information content (AvgIpc) is 4.09. The highest BCUT2D eigenvalue weighted by atomic mass is 32.2. The number of hydrogen-bond donors (Lipinski definition) is 3. The third kappa shape index (κ3) is 10.6. The first-order valence-corrected chi connectivity index (χ1v) is 23.7. The second kappa shape index (κ2) is 18.8. The number of fused-ring (bicyclic) bond motifs is 1. The zero-order valence-electron chi connectivity index (χ0n) is 36.7. The van der Waals surface area contributed by atoms with Crippen LogP contribution in [0, 0.1) is 12.8 Å². The van der Waals surface area contributed by atoms with Crippen LogP contribution in [0.4, 0.5) is 4.79 Å². The number of hydrogen-bond acceptors (Lipinski definition) is 12. The largest absolute Gasteiger partial charge is 0.496 e. The standard InChI is InChI=1S/C45H60N6O9S2/c1-10-12-13-14-15-16-36(60-43(55)49-44(6,7)8)41(53)51-24-29(21-34(51)39(52)48-45(23-28(45)11-2)42(54)50-62(56,57)30-17-18-30)59-37-22-32(40-47-33(25-61-40)26(3)4)46-38-27(5)35(58-9)20-19-31(37)38/h10-11,19-20,22,25-26,28-30,34,36H,1-2,12-18,21,23-24H2,3-9H3,(H,48,52)(H,49,55)(H,50,54)/t28-,29-,34+,36?,45-/m1/s1. The van der Waals surface area contributed by atoms with Crippen molar-refractivity contribution in [3.05, 3.63) is 60.1 Å². The van der Waals surface area contributed by atoms with Crippen molar-refractivity contribution in [1.82, 2.24) is 30.2 Å². The van der Waals surface area contributed by atoms with E-state index in [1.54, 1.807) is 33.9 Å². The minimum Gasteiger partial charge on any atom is -0.496 e. The second-order valence-corrected chi connectivity index (χ2v) is 20.7. The van der Waals surface area contributed by atoms with Gasteiger partial charge in [-0.05, 0) is 90.7 Å². The second-order valence-electron chi connectivity index (χ2n) is 17.9. The molecule has 1 saturated heterocycles. The van der Waals surface area contributed by atoms with Crippen LogP contribution < -0.4 is 24.8 Å². The number of aromatic nitrogens is 2. The molecular formula is C45H60N6O9S2. The Morgan fingerprint density at radius 1 is 1.08 bits per heavy atom. The van der Waals surface area contributed by atoms with Crippen LogP contribution in [0.1, 0.15) is 110 Å². The van der Waals surface area contributed by atoms with E-state index in [0.717, 1.165) is 30.5 Å². The third-order valence-corrected chi connectivity index (χ3v) is 14.2. The summed E-state index contributed by atoms with van der Waals surface area (Å²) in [6.07, 6.45) is 4.69. The molecule has 2 aliphatic carbocycles. The summed E-state index contributed by atoms with van der Waals surface area (Å²) in [6.45, 7) is 18.9. The molecule has 3 aromatic rings. The fourth-order valence-electron chi connectivity index (χ4n) is 7.73. The van der Waals surface area contributed by atoms with Crippen molar-refractivity contribution in [3.8, 4) is 22.2 Å². The molecular weight excluding hydrogens is 833 g/mol. The number of nitrogens with one attached hydrogen (secondary N) is 3. The van der Waals surface area contributed by atoms with E-state index in [-0.39, 0.29) is 31.7 Å². The number of sulfonamides is 1. The number of thiazole rings is 1. The number of carbonyl (C=O) groups is 4. The summed E-state index contributed by atoms with van der Waals surface area (Å²) in [5.74, 6) is -1.39. The van der Waals surface area contributed by atoms with Gasteiger partial charge in [0.2, 0.25) is 15.9 Å². The van der Waals surface area contributed by atoms with Gasteiger partial charge in [-0.15, -0.1) is 24.5 Å². The van der Waals surface area contributed by atoms with Gasteiger partial charge in [0.25, 0.3) is 11.8 Å². The maximum atomic E-state index is 14.8. The molecule has 2 aromatic heterocycles. The smallest absolute Gasteiger partial charge is 0.408 e. The summed E-state index contributed by atoms with van der Waals surface area (Å²) >= 11 is 1.47. The van der Waals surface area contributed by atoms with E-state index in [9.17, 15) is 27.6 Å². The first kappa shape index (κ1) is 46.5. The van der Waals surface area contributed by atoms with Gasteiger partial charge in [-0.3, -0.25) is 19.1 Å². The molecule has 3 aliphatic rings. The molecule has 62 heavy (non-hydrogen) atoms. The van der Waals surface area contributed by atoms with Gasteiger partial charge < -0.3 is 29.7 Å². The van der Waals surface area contributed by atoms with Gasteiger partial charge in [0.15, 0.2) is 6.10 Å². The lowest BCUT2D eigenvalue weighted by atomic mass is 10.1. The SMILES string of the molecule is C=CCCCCCC(OC(=O)NC(C)(C)C)C(=O)N1C[C@H](Oc2cc(-c3nc(C(C)C)cs3)nc3c(C)c(OC)ccc23)C[C@H]1C(=O)N[C@]1(C(=O)NS(=O)(=O)C2CC2)C[C@H]1C=C. The predicted molar refractivity (Wildman–Crippen MR) is 238 cm³/mol. The maximum absolute atomic E-state index is 14.8. The van der Waals surface area contributed by atoms with E-state index in [1.807, 2.05) is 30.5 Å². The highest BCUT2D eigenvalue weighted by Crippen LogP contribution is 2.46. The average molecular weight is 893 g/mol. The molecule has 0 bridgehead atoms. The molecule has 3 N–H and O–H groups in total. The van der Waals surface area contributed by atoms with E-state index < -0.39 is 74.3 Å². The molecule has 1 aromatic carbocycles. The molecule has 1 aliphatic heterocycles. The Kier molecular flexibility index (Phi) is 14.1. The number of allylic oxidation sites excluding steroid dienone is 1.